The summed E-state index contributed by atoms with van der Waals surface area (Å²) in [7, 11) is 0. The predicted molar refractivity (Wildman–Crippen MR) is 76.7 cm³/mol. The topological polar surface area (TPSA) is 81.7 Å². The minimum atomic E-state index is -0.649. The number of rotatable bonds is 5. The van der Waals surface area contributed by atoms with Crippen LogP contribution in [0.3, 0.4) is 0 Å². The van der Waals surface area contributed by atoms with Crippen molar-refractivity contribution in [2.24, 2.45) is 5.92 Å². The van der Waals surface area contributed by atoms with Gasteiger partial charge in [0.25, 0.3) is 0 Å². The van der Waals surface area contributed by atoms with E-state index in [1.165, 1.54) is 18.9 Å². The second-order valence-corrected chi connectivity index (χ2v) is 6.17. The van der Waals surface area contributed by atoms with Crippen molar-refractivity contribution in [1.29, 1.82) is 0 Å². The van der Waals surface area contributed by atoms with E-state index < -0.39 is 18.0 Å². The van der Waals surface area contributed by atoms with Crippen LogP contribution in [0.15, 0.2) is 11.6 Å². The van der Waals surface area contributed by atoms with Crippen molar-refractivity contribution in [1.82, 2.24) is 5.32 Å². The predicted octanol–water partition coefficient (Wildman–Crippen LogP) is 1.24. The second-order valence-electron chi connectivity index (χ2n) is 6.17. The molecule has 1 saturated carbocycles. The number of nitrogens with one attached hydrogen (secondary N) is 1. The van der Waals surface area contributed by atoms with Crippen molar-refractivity contribution in [2.75, 3.05) is 6.61 Å². The summed E-state index contributed by atoms with van der Waals surface area (Å²) < 4.78 is 10.9. The molecule has 2 aliphatic heterocycles. The molecular weight excluding hydrogens is 286 g/mol. The Balaban J connectivity index is 1.55. The first kappa shape index (κ1) is 15.2. The largest absolute Gasteiger partial charge is 0.457 e. The van der Waals surface area contributed by atoms with Crippen molar-refractivity contribution in [3.8, 4) is 0 Å². The van der Waals surface area contributed by atoms with Crippen LogP contribution in [-0.4, -0.2) is 36.6 Å². The Morgan fingerprint density at radius 1 is 1.23 bits per heavy atom. The molecule has 3 rings (SSSR count). The summed E-state index contributed by atoms with van der Waals surface area (Å²) in [6.45, 7) is 0.634. The highest BCUT2D eigenvalue weighted by Gasteiger charge is 2.42. The van der Waals surface area contributed by atoms with Crippen LogP contribution < -0.4 is 5.32 Å². The van der Waals surface area contributed by atoms with Crippen LogP contribution in [0.25, 0.3) is 0 Å². The molecule has 0 bridgehead atoms. The lowest BCUT2D eigenvalue weighted by Crippen LogP contribution is -2.52. The van der Waals surface area contributed by atoms with Gasteiger partial charge in [-0.25, -0.2) is 4.79 Å². The molecule has 2 amide bonds. The minimum absolute atomic E-state index is 0.0536. The van der Waals surface area contributed by atoms with E-state index in [-0.39, 0.29) is 18.2 Å². The quantitative estimate of drug-likeness (QED) is 0.469. The summed E-state index contributed by atoms with van der Waals surface area (Å²) >= 11 is 0. The normalized spacial score (nSPS) is 28.9. The maximum Gasteiger partial charge on any atom is 0.331 e. The second kappa shape index (κ2) is 6.60. The number of carbonyl (C=O) groups is 3. The summed E-state index contributed by atoms with van der Waals surface area (Å²) in [4.78, 5) is 35.0. The Bertz CT molecular complexity index is 507. The number of ether oxygens (including phenoxy) is 2. The molecule has 0 aromatic carbocycles. The van der Waals surface area contributed by atoms with E-state index in [2.05, 4.69) is 5.32 Å². The summed E-state index contributed by atoms with van der Waals surface area (Å²) in [6, 6.07) is 0. The lowest BCUT2D eigenvalue weighted by molar-refractivity contribution is -0.155. The molecule has 0 aromatic rings. The summed E-state index contributed by atoms with van der Waals surface area (Å²) in [5.74, 6) is -1.74. The third-order valence-electron chi connectivity index (χ3n) is 4.54. The summed E-state index contributed by atoms with van der Waals surface area (Å²) in [6.07, 6.45) is 7.28. The average Bonchev–Trinajstić information content (AvgIpc) is 2.95. The molecule has 0 aromatic heterocycles. The summed E-state index contributed by atoms with van der Waals surface area (Å²) in [5.41, 5.74) is 0.751. The van der Waals surface area contributed by atoms with Gasteiger partial charge < -0.3 is 9.47 Å². The van der Waals surface area contributed by atoms with Crippen LogP contribution in [-0.2, 0) is 23.9 Å². The van der Waals surface area contributed by atoms with Gasteiger partial charge in [-0.15, -0.1) is 0 Å². The van der Waals surface area contributed by atoms with Gasteiger partial charge in [0.2, 0.25) is 11.8 Å². The number of carbonyl (C=O) groups excluding carboxylic acids is 3. The Hall–Kier alpha value is -1.69. The molecule has 2 heterocycles. The third-order valence-corrected chi connectivity index (χ3v) is 4.54. The zero-order chi connectivity index (χ0) is 15.5. The molecule has 22 heavy (non-hydrogen) atoms. The van der Waals surface area contributed by atoms with Gasteiger partial charge in [-0.1, -0.05) is 12.8 Å². The lowest BCUT2D eigenvalue weighted by atomic mass is 9.83. The van der Waals surface area contributed by atoms with E-state index in [9.17, 15) is 14.4 Å². The van der Waals surface area contributed by atoms with Crippen LogP contribution in [0.5, 0.6) is 0 Å². The molecule has 2 unspecified atom stereocenters. The zero-order valence-electron chi connectivity index (χ0n) is 12.5. The van der Waals surface area contributed by atoms with E-state index in [4.69, 9.17) is 9.47 Å². The first-order valence-corrected chi connectivity index (χ1v) is 8.00. The number of fused-ring (bicyclic) bond motifs is 1. The van der Waals surface area contributed by atoms with Gasteiger partial charge in [-0.05, 0) is 31.3 Å². The SMILES string of the molecule is O=C1CC2OC(=O)C=C(CCCOC3CCCC3)C2C(=O)N1. The van der Waals surface area contributed by atoms with Gasteiger partial charge >= 0.3 is 5.97 Å². The van der Waals surface area contributed by atoms with Crippen molar-refractivity contribution in [2.45, 2.75) is 57.2 Å². The number of piperidine rings is 1. The molecular formula is C16H21NO5. The first-order valence-electron chi connectivity index (χ1n) is 8.00. The van der Waals surface area contributed by atoms with Crippen LogP contribution in [0.1, 0.15) is 44.9 Å². The first-order chi connectivity index (χ1) is 10.6. The molecule has 0 radical (unpaired) electrons. The van der Waals surface area contributed by atoms with E-state index in [0.29, 0.717) is 19.1 Å². The number of hydrogen-bond donors (Lipinski definition) is 1. The minimum Gasteiger partial charge on any atom is -0.457 e. The van der Waals surface area contributed by atoms with Gasteiger partial charge in [-0.2, -0.15) is 0 Å². The third kappa shape index (κ3) is 3.38. The molecule has 3 aliphatic rings. The van der Waals surface area contributed by atoms with Crippen molar-refractivity contribution in [3.05, 3.63) is 11.6 Å². The number of hydrogen-bond acceptors (Lipinski definition) is 5. The molecule has 2 fully saturated rings. The molecule has 120 valence electrons. The van der Waals surface area contributed by atoms with E-state index in [1.807, 2.05) is 0 Å². The fraction of sp³-hybridized carbons (Fsp3) is 0.688. The lowest BCUT2D eigenvalue weighted by Gasteiger charge is -2.34. The van der Waals surface area contributed by atoms with Crippen molar-refractivity contribution in [3.63, 3.8) is 0 Å². The number of imide groups is 1. The maximum absolute atomic E-state index is 12.0. The van der Waals surface area contributed by atoms with Gasteiger partial charge in [-0.3, -0.25) is 14.9 Å². The average molecular weight is 307 g/mol. The van der Waals surface area contributed by atoms with Gasteiger partial charge in [0.05, 0.1) is 18.4 Å². The highest BCUT2D eigenvalue weighted by Crippen LogP contribution is 2.31. The molecule has 6 nitrogen and oxygen atoms in total. The zero-order valence-corrected chi connectivity index (χ0v) is 12.5. The van der Waals surface area contributed by atoms with Gasteiger partial charge in [0, 0.05) is 12.7 Å². The maximum atomic E-state index is 12.0. The fourth-order valence-electron chi connectivity index (χ4n) is 3.49. The molecule has 6 heteroatoms. The number of amides is 2. The van der Waals surface area contributed by atoms with E-state index >= 15 is 0 Å². The number of esters is 1. The highest BCUT2D eigenvalue weighted by molar-refractivity contribution is 6.02. The molecule has 0 spiro atoms. The van der Waals surface area contributed by atoms with Gasteiger partial charge in [0.15, 0.2) is 0 Å². The van der Waals surface area contributed by atoms with Crippen molar-refractivity contribution < 1.29 is 23.9 Å². The van der Waals surface area contributed by atoms with Crippen LogP contribution in [0.4, 0.5) is 0 Å². The Morgan fingerprint density at radius 2 is 2.00 bits per heavy atom. The van der Waals surface area contributed by atoms with E-state index in [1.54, 1.807) is 0 Å². The summed E-state index contributed by atoms with van der Waals surface area (Å²) in [5, 5.41) is 2.32. The molecule has 1 N–H and O–H groups in total. The molecule has 1 aliphatic carbocycles. The smallest absolute Gasteiger partial charge is 0.331 e. The van der Waals surface area contributed by atoms with E-state index in [0.717, 1.165) is 24.8 Å². The standard InChI is InChI=1S/C16H21NO5/c18-13-9-12-15(16(20)17-13)10(8-14(19)22-12)4-3-7-21-11-5-1-2-6-11/h8,11-12,15H,1-7,9H2,(H,17,18,20). The molecule has 1 saturated heterocycles. The highest BCUT2D eigenvalue weighted by atomic mass is 16.5. The monoisotopic (exact) mass is 307 g/mol. The fourth-order valence-corrected chi connectivity index (χ4v) is 3.49. The van der Waals surface area contributed by atoms with Crippen LogP contribution in [0, 0.1) is 5.92 Å². The van der Waals surface area contributed by atoms with Crippen molar-refractivity contribution >= 4 is 17.8 Å². The Labute approximate surface area is 129 Å². The van der Waals surface area contributed by atoms with Gasteiger partial charge in [0.1, 0.15) is 6.10 Å². The molecule has 2 atom stereocenters. The van der Waals surface area contributed by atoms with Crippen LogP contribution in [0.2, 0.25) is 0 Å². The Morgan fingerprint density at radius 3 is 2.77 bits per heavy atom. The van der Waals surface area contributed by atoms with Crippen LogP contribution >= 0.6 is 0 Å². The Kier molecular flexibility index (Phi) is 4.57.